The van der Waals surface area contributed by atoms with E-state index >= 15 is 0 Å². The monoisotopic (exact) mass is 276 g/mol. The van der Waals surface area contributed by atoms with Crippen LogP contribution in [0.25, 0.3) is 0 Å². The lowest BCUT2D eigenvalue weighted by Crippen LogP contribution is -2.33. The van der Waals surface area contributed by atoms with E-state index in [0.717, 1.165) is 24.9 Å². The smallest absolute Gasteiger partial charge is 0.255 e. The van der Waals surface area contributed by atoms with Gasteiger partial charge in [-0.3, -0.25) is 4.79 Å². The second-order valence-corrected chi connectivity index (χ2v) is 6.19. The van der Waals surface area contributed by atoms with Crippen LogP contribution in [-0.4, -0.2) is 11.1 Å². The summed E-state index contributed by atoms with van der Waals surface area (Å²) in [5.41, 5.74) is 2.33. The lowest BCUT2D eigenvalue weighted by Gasteiger charge is -2.28. The number of hydrogen-bond donors (Lipinski definition) is 1. The highest BCUT2D eigenvalue weighted by atomic mass is 16.1. The van der Waals surface area contributed by atoms with Crippen LogP contribution in [0.4, 0.5) is 0 Å². The zero-order valence-electron chi connectivity index (χ0n) is 13.1. The Morgan fingerprint density at radius 2 is 1.95 bits per heavy atom. The maximum atomic E-state index is 12.8. The Labute approximate surface area is 122 Å². The summed E-state index contributed by atoms with van der Waals surface area (Å²) in [6, 6.07) is 4.59. The molecule has 0 spiro atoms. The predicted octanol–water partition coefficient (Wildman–Crippen LogP) is 3.59. The van der Waals surface area contributed by atoms with Crippen molar-refractivity contribution in [1.29, 1.82) is 0 Å². The largest absolute Gasteiger partial charge is 0.313 e. The molecule has 0 bridgehead atoms. The highest BCUT2D eigenvalue weighted by molar-refractivity contribution is 5.19. The van der Waals surface area contributed by atoms with Gasteiger partial charge in [0.1, 0.15) is 0 Å². The van der Waals surface area contributed by atoms with Crippen molar-refractivity contribution in [3.05, 3.63) is 33.7 Å². The minimum absolute atomic E-state index is 0.226. The number of aromatic nitrogens is 1. The number of hydrogen-bond acceptors (Lipinski definition) is 2. The lowest BCUT2D eigenvalue weighted by atomic mass is 9.93. The summed E-state index contributed by atoms with van der Waals surface area (Å²) >= 11 is 0. The van der Waals surface area contributed by atoms with E-state index < -0.39 is 0 Å². The standard InChI is InChI=1S/C17H28N2O/c1-4-18-12-14-10-11-16(13(2)3)19(17(14)20)15-8-6-5-7-9-15/h10-11,13,15,18H,4-9,12H2,1-3H3. The summed E-state index contributed by atoms with van der Waals surface area (Å²) < 4.78 is 2.11. The van der Waals surface area contributed by atoms with Gasteiger partial charge in [0.15, 0.2) is 0 Å². The molecular weight excluding hydrogens is 248 g/mol. The molecule has 112 valence electrons. The minimum Gasteiger partial charge on any atom is -0.313 e. The topological polar surface area (TPSA) is 34.0 Å². The molecule has 1 heterocycles. The van der Waals surface area contributed by atoms with Gasteiger partial charge in [0, 0.05) is 23.8 Å². The van der Waals surface area contributed by atoms with Gasteiger partial charge in [0.2, 0.25) is 0 Å². The maximum Gasteiger partial charge on any atom is 0.255 e. The summed E-state index contributed by atoms with van der Waals surface area (Å²) in [6.45, 7) is 8.01. The van der Waals surface area contributed by atoms with E-state index in [0.29, 0.717) is 18.5 Å². The van der Waals surface area contributed by atoms with Gasteiger partial charge in [0.05, 0.1) is 0 Å². The molecule has 3 heteroatoms. The van der Waals surface area contributed by atoms with Gasteiger partial charge in [-0.1, -0.05) is 46.1 Å². The van der Waals surface area contributed by atoms with Crippen molar-refractivity contribution in [3.63, 3.8) is 0 Å². The van der Waals surface area contributed by atoms with Crippen molar-refractivity contribution in [2.45, 2.75) is 71.4 Å². The normalized spacial score (nSPS) is 16.8. The van der Waals surface area contributed by atoms with Gasteiger partial charge in [-0.15, -0.1) is 0 Å². The molecule has 20 heavy (non-hydrogen) atoms. The molecule has 0 amide bonds. The number of rotatable bonds is 5. The first kappa shape index (κ1) is 15.3. The van der Waals surface area contributed by atoms with E-state index in [1.54, 1.807) is 0 Å². The van der Waals surface area contributed by atoms with Crippen LogP contribution in [0.3, 0.4) is 0 Å². The highest BCUT2D eigenvalue weighted by Gasteiger charge is 2.21. The molecule has 1 saturated carbocycles. The van der Waals surface area contributed by atoms with Crippen LogP contribution in [-0.2, 0) is 6.54 Å². The van der Waals surface area contributed by atoms with E-state index in [4.69, 9.17) is 0 Å². The molecule has 1 N–H and O–H groups in total. The molecule has 1 aromatic rings. The fraction of sp³-hybridized carbons (Fsp3) is 0.706. The van der Waals surface area contributed by atoms with Crippen LogP contribution in [0, 0.1) is 0 Å². The third-order valence-electron chi connectivity index (χ3n) is 4.32. The van der Waals surface area contributed by atoms with Crippen LogP contribution >= 0.6 is 0 Å². The molecule has 3 nitrogen and oxygen atoms in total. The Morgan fingerprint density at radius 3 is 2.55 bits per heavy atom. The van der Waals surface area contributed by atoms with Gasteiger partial charge in [-0.05, 0) is 31.4 Å². The molecule has 1 fully saturated rings. The van der Waals surface area contributed by atoms with E-state index in [-0.39, 0.29) is 5.56 Å². The maximum absolute atomic E-state index is 12.8. The van der Waals surface area contributed by atoms with E-state index in [1.807, 2.05) is 6.07 Å². The van der Waals surface area contributed by atoms with Gasteiger partial charge in [0.25, 0.3) is 5.56 Å². The first-order chi connectivity index (χ1) is 9.65. The zero-order valence-corrected chi connectivity index (χ0v) is 13.1. The highest BCUT2D eigenvalue weighted by Crippen LogP contribution is 2.29. The molecule has 0 aromatic carbocycles. The van der Waals surface area contributed by atoms with Crippen LogP contribution in [0.5, 0.6) is 0 Å². The molecular formula is C17H28N2O. The third-order valence-corrected chi connectivity index (χ3v) is 4.32. The summed E-state index contributed by atoms with van der Waals surface area (Å²) in [6.07, 6.45) is 6.14. The van der Waals surface area contributed by atoms with Gasteiger partial charge in [-0.25, -0.2) is 0 Å². The van der Waals surface area contributed by atoms with Gasteiger partial charge < -0.3 is 9.88 Å². The third kappa shape index (κ3) is 3.32. The van der Waals surface area contributed by atoms with Gasteiger partial charge >= 0.3 is 0 Å². The minimum atomic E-state index is 0.226. The van der Waals surface area contributed by atoms with Crippen molar-refractivity contribution < 1.29 is 0 Å². The summed E-state index contributed by atoms with van der Waals surface area (Å²) in [5, 5.41) is 3.27. The summed E-state index contributed by atoms with van der Waals surface area (Å²) in [4.78, 5) is 12.8. The van der Waals surface area contributed by atoms with Crippen LogP contribution < -0.4 is 10.9 Å². The number of nitrogens with zero attached hydrogens (tertiary/aromatic N) is 1. The first-order valence-electron chi connectivity index (χ1n) is 8.10. The SMILES string of the molecule is CCNCc1ccc(C(C)C)n(C2CCCCC2)c1=O. The second kappa shape index (κ2) is 7.07. The molecule has 0 unspecified atom stereocenters. The summed E-state index contributed by atoms with van der Waals surface area (Å²) in [7, 11) is 0. The Hall–Kier alpha value is -1.09. The molecule has 0 atom stereocenters. The average Bonchev–Trinajstić information content (AvgIpc) is 2.46. The van der Waals surface area contributed by atoms with Crippen molar-refractivity contribution >= 4 is 0 Å². The van der Waals surface area contributed by atoms with Crippen LogP contribution in [0.1, 0.15) is 76.1 Å². The molecule has 1 aliphatic rings. The molecule has 0 saturated heterocycles. The number of pyridine rings is 1. The van der Waals surface area contributed by atoms with Crippen molar-refractivity contribution in [2.75, 3.05) is 6.54 Å². The van der Waals surface area contributed by atoms with Crippen molar-refractivity contribution in [1.82, 2.24) is 9.88 Å². The van der Waals surface area contributed by atoms with Gasteiger partial charge in [-0.2, -0.15) is 0 Å². The quantitative estimate of drug-likeness (QED) is 0.892. The Bertz CT molecular complexity index is 484. The predicted molar refractivity (Wildman–Crippen MR) is 84.3 cm³/mol. The number of nitrogens with one attached hydrogen (secondary N) is 1. The molecule has 2 rings (SSSR count). The Morgan fingerprint density at radius 1 is 1.25 bits per heavy atom. The summed E-state index contributed by atoms with van der Waals surface area (Å²) in [5.74, 6) is 0.401. The first-order valence-corrected chi connectivity index (χ1v) is 8.10. The zero-order chi connectivity index (χ0) is 14.5. The molecule has 0 aliphatic heterocycles. The van der Waals surface area contributed by atoms with Crippen molar-refractivity contribution in [2.24, 2.45) is 0 Å². The Kier molecular flexibility index (Phi) is 5.41. The molecule has 1 aromatic heterocycles. The fourth-order valence-electron chi connectivity index (χ4n) is 3.19. The van der Waals surface area contributed by atoms with Crippen LogP contribution in [0.2, 0.25) is 0 Å². The molecule has 1 aliphatic carbocycles. The van der Waals surface area contributed by atoms with E-state index in [2.05, 4.69) is 36.7 Å². The fourth-order valence-corrected chi connectivity index (χ4v) is 3.19. The molecule has 0 radical (unpaired) electrons. The van der Waals surface area contributed by atoms with E-state index in [9.17, 15) is 4.79 Å². The van der Waals surface area contributed by atoms with Crippen LogP contribution in [0.15, 0.2) is 16.9 Å². The lowest BCUT2D eigenvalue weighted by molar-refractivity contribution is 0.334. The van der Waals surface area contributed by atoms with E-state index in [1.165, 1.54) is 25.0 Å². The van der Waals surface area contributed by atoms with Crippen molar-refractivity contribution in [3.8, 4) is 0 Å². The second-order valence-electron chi connectivity index (χ2n) is 6.19. The Balaban J connectivity index is 2.40. The average molecular weight is 276 g/mol.